The van der Waals surface area contributed by atoms with Crippen molar-refractivity contribution in [3.63, 3.8) is 0 Å². The Morgan fingerprint density at radius 3 is 1.08 bits per heavy atom. The Morgan fingerprint density at radius 2 is 0.824 bits per heavy atom. The summed E-state index contributed by atoms with van der Waals surface area (Å²) in [5, 5.41) is 24.4. The van der Waals surface area contributed by atoms with Gasteiger partial charge in [-0.1, -0.05) is 134 Å². The molecule has 0 fully saturated rings. The average molecular weight is 691 g/mol. The summed E-state index contributed by atoms with van der Waals surface area (Å²) in [6.07, 6.45) is -0.198. The summed E-state index contributed by atoms with van der Waals surface area (Å²) in [5.41, 5.74) is 2.41. The molecule has 2 N–H and O–H groups in total. The van der Waals surface area contributed by atoms with E-state index in [9.17, 15) is 19.8 Å². The maximum absolute atomic E-state index is 12.2. The van der Waals surface area contributed by atoms with Crippen LogP contribution in [0.2, 0.25) is 0 Å². The van der Waals surface area contributed by atoms with Crippen LogP contribution in [0.3, 0.4) is 0 Å². The monoisotopic (exact) mass is 690 g/mol. The lowest BCUT2D eigenvalue weighted by Crippen LogP contribution is -2.46. The number of carbonyl (C=O) groups excluding carboxylic acids is 2. The van der Waals surface area contributed by atoms with Crippen LogP contribution in [-0.4, -0.2) is 60.8 Å². The van der Waals surface area contributed by atoms with Crippen molar-refractivity contribution in [2.75, 3.05) is 26.4 Å². The fourth-order valence-corrected chi connectivity index (χ4v) is 6.81. The summed E-state index contributed by atoms with van der Waals surface area (Å²) in [6, 6.07) is 39.1. The zero-order chi connectivity index (χ0) is 36.7. The Bertz CT molecular complexity index is 1480. The number of esters is 2. The molecule has 268 valence electrons. The molecular weight excluding hydrogens is 640 g/mol. The first kappa shape index (κ1) is 39.0. The number of benzene rings is 4. The van der Waals surface area contributed by atoms with Gasteiger partial charge in [-0.15, -0.1) is 0 Å². The van der Waals surface area contributed by atoms with E-state index in [1.165, 1.54) is 0 Å². The maximum Gasteiger partial charge on any atom is 0.333 e. The van der Waals surface area contributed by atoms with Crippen LogP contribution in [0.15, 0.2) is 146 Å². The second-order valence-electron chi connectivity index (χ2n) is 13.0. The predicted molar refractivity (Wildman–Crippen MR) is 200 cm³/mol. The molecule has 0 aliphatic carbocycles. The molecule has 4 rings (SSSR count). The van der Waals surface area contributed by atoms with Gasteiger partial charge >= 0.3 is 11.9 Å². The van der Waals surface area contributed by atoms with Gasteiger partial charge in [-0.25, -0.2) is 9.59 Å². The third kappa shape index (κ3) is 9.70. The summed E-state index contributed by atoms with van der Waals surface area (Å²) < 4.78 is 17.2. The van der Waals surface area contributed by atoms with Gasteiger partial charge in [-0.05, 0) is 61.8 Å². The summed E-state index contributed by atoms with van der Waals surface area (Å²) in [7, 11) is 0. The minimum absolute atomic E-state index is 0.0811. The van der Waals surface area contributed by atoms with E-state index in [4.69, 9.17) is 14.2 Å². The minimum Gasteiger partial charge on any atom is -0.462 e. The van der Waals surface area contributed by atoms with E-state index in [1.54, 1.807) is 13.8 Å². The number of hydrogen-bond donors (Lipinski definition) is 2. The summed E-state index contributed by atoms with van der Waals surface area (Å²) in [4.78, 5) is 24.3. The molecule has 0 saturated heterocycles. The topological polar surface area (TPSA) is 102 Å². The summed E-state index contributed by atoms with van der Waals surface area (Å²) in [6.45, 7) is 10.7. The van der Waals surface area contributed by atoms with E-state index in [0.29, 0.717) is 36.8 Å². The number of hydrogen-bond acceptors (Lipinski definition) is 7. The third-order valence-corrected chi connectivity index (χ3v) is 9.44. The van der Waals surface area contributed by atoms with Gasteiger partial charge in [0.25, 0.3) is 0 Å². The van der Waals surface area contributed by atoms with E-state index in [-0.39, 0.29) is 26.4 Å². The fourth-order valence-electron chi connectivity index (χ4n) is 6.81. The molecule has 4 aromatic carbocycles. The van der Waals surface area contributed by atoms with E-state index < -0.39 is 35.0 Å². The quantitative estimate of drug-likeness (QED) is 0.0563. The van der Waals surface area contributed by atoms with Crippen molar-refractivity contribution >= 4 is 11.9 Å². The molecule has 2 atom stereocenters. The SMILES string of the molecule is C=C(C)C(=O)OCCCC(c1ccccc1)(c1ccccc1)C(O)COCC(O)C(CCCOC(=O)C(=C)C)(c1ccccc1)c1ccccc1. The molecule has 7 heteroatoms. The van der Waals surface area contributed by atoms with Crippen LogP contribution in [0.4, 0.5) is 0 Å². The normalized spacial score (nSPS) is 12.8. The minimum atomic E-state index is -1.03. The van der Waals surface area contributed by atoms with E-state index in [0.717, 1.165) is 22.3 Å². The smallest absolute Gasteiger partial charge is 0.333 e. The van der Waals surface area contributed by atoms with Crippen LogP contribution >= 0.6 is 0 Å². The predicted octanol–water partition coefficient (Wildman–Crippen LogP) is 7.50. The molecule has 0 amide bonds. The standard InChI is InChI=1S/C44H50O7/c1-33(2)41(47)50-29-17-27-43(35-19-9-5-10-20-35,36-21-11-6-12-22-36)39(45)31-49-32-40(46)44(37-23-13-7-14-24-37,38-25-15-8-16-26-38)28-18-30-51-42(48)34(3)4/h5-16,19-26,39-40,45-46H,1,3,17-18,27-32H2,2,4H3. The van der Waals surface area contributed by atoms with E-state index in [2.05, 4.69) is 13.2 Å². The fraction of sp³-hybridized carbons (Fsp3) is 0.318. The van der Waals surface area contributed by atoms with Gasteiger partial charge in [0.1, 0.15) is 0 Å². The number of aliphatic hydroxyl groups is 2. The highest BCUT2D eigenvalue weighted by Crippen LogP contribution is 2.42. The van der Waals surface area contributed by atoms with Crippen molar-refractivity contribution in [1.29, 1.82) is 0 Å². The largest absolute Gasteiger partial charge is 0.462 e. The first-order valence-corrected chi connectivity index (χ1v) is 17.4. The zero-order valence-corrected chi connectivity index (χ0v) is 29.7. The second-order valence-corrected chi connectivity index (χ2v) is 13.0. The lowest BCUT2D eigenvalue weighted by Gasteiger charge is -2.41. The molecule has 4 aromatic rings. The molecule has 2 unspecified atom stereocenters. The molecule has 0 aliphatic rings. The molecule has 0 bridgehead atoms. The second kappa shape index (κ2) is 19.0. The highest BCUT2D eigenvalue weighted by atomic mass is 16.5. The van der Waals surface area contributed by atoms with E-state index in [1.807, 2.05) is 121 Å². The van der Waals surface area contributed by atoms with Crippen molar-refractivity contribution in [2.24, 2.45) is 0 Å². The van der Waals surface area contributed by atoms with Crippen LogP contribution < -0.4 is 0 Å². The Hall–Kier alpha value is -4.82. The highest BCUT2D eigenvalue weighted by molar-refractivity contribution is 5.87. The first-order valence-electron chi connectivity index (χ1n) is 17.4. The average Bonchev–Trinajstić information content (AvgIpc) is 3.16. The van der Waals surface area contributed by atoms with Crippen LogP contribution in [0.1, 0.15) is 61.8 Å². The van der Waals surface area contributed by atoms with E-state index >= 15 is 0 Å². The molecule has 0 radical (unpaired) electrons. The van der Waals surface area contributed by atoms with Gasteiger partial charge in [-0.3, -0.25) is 0 Å². The van der Waals surface area contributed by atoms with Crippen molar-refractivity contribution in [3.05, 3.63) is 168 Å². The molecule has 0 saturated carbocycles. The van der Waals surface area contributed by atoms with Gasteiger partial charge in [0.15, 0.2) is 0 Å². The summed E-state index contributed by atoms with van der Waals surface area (Å²) >= 11 is 0. The molecule has 0 aliphatic heterocycles. The maximum atomic E-state index is 12.2. The van der Waals surface area contributed by atoms with Crippen LogP contribution in [0.5, 0.6) is 0 Å². The Balaban J connectivity index is 1.63. The van der Waals surface area contributed by atoms with Crippen molar-refractivity contribution < 1.29 is 34.0 Å². The van der Waals surface area contributed by atoms with Crippen molar-refractivity contribution in [3.8, 4) is 0 Å². The summed E-state index contributed by atoms with van der Waals surface area (Å²) in [5.74, 6) is -0.903. The van der Waals surface area contributed by atoms with Crippen LogP contribution in [0.25, 0.3) is 0 Å². The molecule has 0 heterocycles. The first-order chi connectivity index (χ1) is 24.6. The Morgan fingerprint density at radius 1 is 0.549 bits per heavy atom. The molecule has 0 spiro atoms. The van der Waals surface area contributed by atoms with Crippen molar-refractivity contribution in [2.45, 2.75) is 62.6 Å². The van der Waals surface area contributed by atoms with Gasteiger partial charge in [0, 0.05) is 22.0 Å². The van der Waals surface area contributed by atoms with Crippen LogP contribution in [-0.2, 0) is 34.6 Å². The number of carbonyl (C=O) groups is 2. The molecule has 7 nitrogen and oxygen atoms in total. The number of aliphatic hydroxyl groups excluding tert-OH is 2. The van der Waals surface area contributed by atoms with Crippen LogP contribution in [0, 0.1) is 0 Å². The molecule has 0 aromatic heterocycles. The van der Waals surface area contributed by atoms with Gasteiger partial charge in [0.2, 0.25) is 0 Å². The lowest BCUT2D eigenvalue weighted by atomic mass is 9.67. The molecular formula is C44H50O7. The number of rotatable bonds is 20. The number of ether oxygens (including phenoxy) is 3. The van der Waals surface area contributed by atoms with Gasteiger partial charge < -0.3 is 24.4 Å². The van der Waals surface area contributed by atoms with Crippen molar-refractivity contribution in [1.82, 2.24) is 0 Å². The lowest BCUT2D eigenvalue weighted by molar-refractivity contribution is -0.140. The third-order valence-electron chi connectivity index (χ3n) is 9.44. The zero-order valence-electron chi connectivity index (χ0n) is 29.7. The molecule has 51 heavy (non-hydrogen) atoms. The Labute approximate surface area is 302 Å². The van der Waals surface area contributed by atoms with Gasteiger partial charge in [-0.2, -0.15) is 0 Å². The highest BCUT2D eigenvalue weighted by Gasteiger charge is 2.43. The van der Waals surface area contributed by atoms with Gasteiger partial charge in [0.05, 0.1) is 38.6 Å². The Kier molecular flexibility index (Phi) is 14.5.